The minimum atomic E-state index is -0.530. The van der Waals surface area contributed by atoms with Gasteiger partial charge in [0.25, 0.3) is 0 Å². The molecule has 1 rings (SSSR count). The van der Waals surface area contributed by atoms with Crippen LogP contribution in [0.15, 0.2) is 5.51 Å². The SMILES string of the molecule is CCC(C)(CCO)NCC(O)COCCc1scnc1C. The van der Waals surface area contributed by atoms with Crippen molar-refractivity contribution in [2.24, 2.45) is 0 Å². The molecule has 0 saturated carbocycles. The molecule has 6 heteroatoms. The highest BCUT2D eigenvalue weighted by atomic mass is 32.1. The summed E-state index contributed by atoms with van der Waals surface area (Å²) in [6.45, 7) is 7.68. The molecule has 2 atom stereocenters. The molecular formula is C15H28N2O3S. The summed E-state index contributed by atoms with van der Waals surface area (Å²) in [6.07, 6.45) is 1.90. The Morgan fingerprint density at radius 3 is 2.86 bits per heavy atom. The minimum absolute atomic E-state index is 0.129. The minimum Gasteiger partial charge on any atom is -0.396 e. The highest BCUT2D eigenvalue weighted by molar-refractivity contribution is 7.09. The van der Waals surface area contributed by atoms with E-state index in [1.807, 2.05) is 12.4 Å². The van der Waals surface area contributed by atoms with Gasteiger partial charge in [-0.05, 0) is 26.7 Å². The van der Waals surface area contributed by atoms with Crippen LogP contribution in [0, 0.1) is 6.92 Å². The summed E-state index contributed by atoms with van der Waals surface area (Å²) in [7, 11) is 0. The van der Waals surface area contributed by atoms with Crippen molar-refractivity contribution in [1.29, 1.82) is 0 Å². The number of aryl methyl sites for hydroxylation is 1. The molecule has 0 amide bonds. The molecule has 0 spiro atoms. The lowest BCUT2D eigenvalue weighted by Gasteiger charge is -2.30. The average molecular weight is 316 g/mol. The van der Waals surface area contributed by atoms with Gasteiger partial charge < -0.3 is 20.3 Å². The molecule has 0 aliphatic heterocycles. The van der Waals surface area contributed by atoms with Gasteiger partial charge >= 0.3 is 0 Å². The van der Waals surface area contributed by atoms with Crippen molar-refractivity contribution in [1.82, 2.24) is 10.3 Å². The van der Waals surface area contributed by atoms with Crippen LogP contribution in [0.1, 0.15) is 37.3 Å². The summed E-state index contributed by atoms with van der Waals surface area (Å²) < 4.78 is 5.52. The van der Waals surface area contributed by atoms with Crippen molar-refractivity contribution in [2.75, 3.05) is 26.4 Å². The molecule has 0 radical (unpaired) electrons. The molecule has 21 heavy (non-hydrogen) atoms. The van der Waals surface area contributed by atoms with Gasteiger partial charge in [0.2, 0.25) is 0 Å². The lowest BCUT2D eigenvalue weighted by molar-refractivity contribution is 0.0332. The van der Waals surface area contributed by atoms with E-state index in [0.717, 1.165) is 18.5 Å². The number of β-amino-alcohol motifs (C(OH)–C–C–N with tert-alkyl or cyclic N) is 1. The number of aliphatic hydroxyl groups excluding tert-OH is 2. The van der Waals surface area contributed by atoms with Crippen molar-refractivity contribution in [3.63, 3.8) is 0 Å². The van der Waals surface area contributed by atoms with Crippen molar-refractivity contribution in [3.8, 4) is 0 Å². The monoisotopic (exact) mass is 316 g/mol. The third-order valence-electron chi connectivity index (χ3n) is 3.84. The Balaban J connectivity index is 2.16. The standard InChI is InChI=1S/C15H28N2O3S/c1-4-15(3,6-7-18)17-9-13(19)10-20-8-5-14-12(2)16-11-21-14/h11,13,17-19H,4-10H2,1-3H3. The van der Waals surface area contributed by atoms with E-state index in [9.17, 15) is 5.11 Å². The van der Waals surface area contributed by atoms with E-state index in [4.69, 9.17) is 9.84 Å². The van der Waals surface area contributed by atoms with Crippen LogP contribution in [0.2, 0.25) is 0 Å². The van der Waals surface area contributed by atoms with E-state index in [2.05, 4.69) is 24.1 Å². The summed E-state index contributed by atoms with van der Waals surface area (Å²) >= 11 is 1.64. The van der Waals surface area contributed by atoms with E-state index < -0.39 is 6.10 Å². The smallest absolute Gasteiger partial charge is 0.0897 e. The van der Waals surface area contributed by atoms with Crippen molar-refractivity contribution < 1.29 is 14.9 Å². The summed E-state index contributed by atoms with van der Waals surface area (Å²) in [5, 5.41) is 22.3. The van der Waals surface area contributed by atoms with Crippen molar-refractivity contribution >= 4 is 11.3 Å². The van der Waals surface area contributed by atoms with Crippen LogP contribution in [-0.4, -0.2) is 53.2 Å². The van der Waals surface area contributed by atoms with Gasteiger partial charge in [0.15, 0.2) is 0 Å². The fourth-order valence-corrected chi connectivity index (χ4v) is 2.77. The first kappa shape index (κ1) is 18.5. The van der Waals surface area contributed by atoms with Gasteiger partial charge in [-0.1, -0.05) is 6.92 Å². The van der Waals surface area contributed by atoms with E-state index in [1.54, 1.807) is 11.3 Å². The number of ether oxygens (including phenoxy) is 1. The second-order valence-corrected chi connectivity index (χ2v) is 6.55. The highest BCUT2D eigenvalue weighted by Gasteiger charge is 2.21. The number of hydrogen-bond acceptors (Lipinski definition) is 6. The third kappa shape index (κ3) is 6.84. The van der Waals surface area contributed by atoms with Crippen LogP contribution >= 0.6 is 11.3 Å². The van der Waals surface area contributed by atoms with Gasteiger partial charge in [0.05, 0.1) is 30.5 Å². The van der Waals surface area contributed by atoms with E-state index in [1.165, 1.54) is 4.88 Å². The number of rotatable bonds is 11. The molecule has 0 aliphatic rings. The van der Waals surface area contributed by atoms with Gasteiger partial charge in [-0.2, -0.15) is 0 Å². The predicted molar refractivity (Wildman–Crippen MR) is 85.8 cm³/mol. The molecule has 0 aliphatic carbocycles. The number of thiazole rings is 1. The van der Waals surface area contributed by atoms with Gasteiger partial charge in [0, 0.05) is 30.0 Å². The molecule has 1 aromatic rings. The average Bonchev–Trinajstić information content (AvgIpc) is 2.87. The molecule has 1 heterocycles. The predicted octanol–water partition coefficient (Wildman–Crippen LogP) is 1.51. The maximum atomic E-state index is 9.93. The Morgan fingerprint density at radius 1 is 1.52 bits per heavy atom. The first-order valence-corrected chi connectivity index (χ1v) is 8.39. The molecule has 5 nitrogen and oxygen atoms in total. The Bertz CT molecular complexity index is 400. The summed E-state index contributed by atoms with van der Waals surface area (Å²) in [5.41, 5.74) is 2.78. The van der Waals surface area contributed by atoms with Gasteiger partial charge in [-0.15, -0.1) is 11.3 Å². The quantitative estimate of drug-likeness (QED) is 0.540. The lowest BCUT2D eigenvalue weighted by atomic mass is 9.95. The zero-order chi connectivity index (χ0) is 15.7. The third-order valence-corrected chi connectivity index (χ3v) is 4.83. The van der Waals surface area contributed by atoms with Crippen molar-refractivity contribution in [2.45, 2.75) is 51.7 Å². The second-order valence-electron chi connectivity index (χ2n) is 5.61. The molecule has 0 saturated heterocycles. The molecule has 1 aromatic heterocycles. The second kappa shape index (κ2) is 9.48. The van der Waals surface area contributed by atoms with Gasteiger partial charge in [-0.3, -0.25) is 0 Å². The lowest BCUT2D eigenvalue weighted by Crippen LogP contribution is -2.46. The van der Waals surface area contributed by atoms with Crippen LogP contribution in [0.25, 0.3) is 0 Å². The topological polar surface area (TPSA) is 74.6 Å². The van der Waals surface area contributed by atoms with Crippen LogP contribution in [0.3, 0.4) is 0 Å². The van der Waals surface area contributed by atoms with Crippen molar-refractivity contribution in [3.05, 3.63) is 16.1 Å². The number of aromatic nitrogens is 1. The highest BCUT2D eigenvalue weighted by Crippen LogP contribution is 2.14. The van der Waals surface area contributed by atoms with E-state index in [0.29, 0.717) is 26.2 Å². The number of nitrogens with zero attached hydrogens (tertiary/aromatic N) is 1. The Labute approximate surface area is 131 Å². The molecular weight excluding hydrogens is 288 g/mol. The Hall–Kier alpha value is -0.530. The fraction of sp³-hybridized carbons (Fsp3) is 0.800. The largest absolute Gasteiger partial charge is 0.396 e. The Kier molecular flexibility index (Phi) is 8.36. The van der Waals surface area contributed by atoms with Gasteiger partial charge in [-0.25, -0.2) is 4.98 Å². The zero-order valence-electron chi connectivity index (χ0n) is 13.3. The van der Waals surface area contributed by atoms with Crippen LogP contribution < -0.4 is 5.32 Å². The molecule has 2 unspecified atom stereocenters. The molecule has 0 aromatic carbocycles. The van der Waals surface area contributed by atoms with Crippen LogP contribution in [0.5, 0.6) is 0 Å². The summed E-state index contributed by atoms with van der Waals surface area (Å²) in [6, 6.07) is 0. The van der Waals surface area contributed by atoms with Gasteiger partial charge in [0.1, 0.15) is 0 Å². The molecule has 0 bridgehead atoms. The number of hydrogen-bond donors (Lipinski definition) is 3. The van der Waals surface area contributed by atoms with Crippen LogP contribution in [0.4, 0.5) is 0 Å². The molecule has 3 N–H and O–H groups in total. The molecule has 122 valence electrons. The zero-order valence-corrected chi connectivity index (χ0v) is 14.1. The first-order valence-electron chi connectivity index (χ1n) is 7.51. The fourth-order valence-electron chi connectivity index (χ4n) is 2.01. The summed E-state index contributed by atoms with van der Waals surface area (Å²) in [4.78, 5) is 5.44. The van der Waals surface area contributed by atoms with Crippen LogP contribution in [-0.2, 0) is 11.2 Å². The first-order chi connectivity index (χ1) is 10.0. The molecule has 0 fully saturated rings. The van der Waals surface area contributed by atoms with E-state index in [-0.39, 0.29) is 12.1 Å². The number of nitrogens with one attached hydrogen (secondary N) is 1. The number of aliphatic hydroxyl groups is 2. The Morgan fingerprint density at radius 2 is 2.29 bits per heavy atom. The maximum absolute atomic E-state index is 9.93. The van der Waals surface area contributed by atoms with E-state index >= 15 is 0 Å². The summed E-state index contributed by atoms with van der Waals surface area (Å²) in [5.74, 6) is 0. The normalized spacial score (nSPS) is 15.9. The maximum Gasteiger partial charge on any atom is 0.0897 e.